The number of carbonyl (C=O) groups excluding carboxylic acids is 2. The van der Waals surface area contributed by atoms with Crippen LogP contribution in [-0.2, 0) is 9.59 Å². The summed E-state index contributed by atoms with van der Waals surface area (Å²) in [5.74, 6) is 0.0000611. The first-order valence-electron chi connectivity index (χ1n) is 6.15. The molecule has 108 valence electrons. The van der Waals surface area contributed by atoms with Crippen LogP contribution in [0, 0.1) is 0 Å². The third-order valence-corrected chi connectivity index (χ3v) is 3.42. The zero-order valence-corrected chi connectivity index (χ0v) is 11.4. The number of ether oxygens (including phenoxy) is 2. The third-order valence-electron chi connectivity index (χ3n) is 3.42. The van der Waals surface area contributed by atoms with Crippen LogP contribution in [0.2, 0.25) is 0 Å². The molecule has 0 saturated carbocycles. The minimum Gasteiger partial charge on any atom is -0.493 e. The van der Waals surface area contributed by atoms with E-state index in [9.17, 15) is 9.59 Å². The Kier molecular flexibility index (Phi) is 2.83. The first kappa shape index (κ1) is 13.0. The van der Waals surface area contributed by atoms with Crippen LogP contribution < -0.4 is 20.5 Å². The van der Waals surface area contributed by atoms with Gasteiger partial charge in [0.05, 0.1) is 19.8 Å². The highest BCUT2D eigenvalue weighted by atomic mass is 16.5. The summed E-state index contributed by atoms with van der Waals surface area (Å²) in [6.07, 6.45) is 1.63. The van der Waals surface area contributed by atoms with Crippen molar-refractivity contribution in [1.29, 1.82) is 0 Å². The molecule has 0 aliphatic carbocycles. The number of H-pyrrole nitrogens is 1. The lowest BCUT2D eigenvalue weighted by Crippen LogP contribution is -2.24. The van der Waals surface area contributed by atoms with Gasteiger partial charge in [-0.3, -0.25) is 14.9 Å². The van der Waals surface area contributed by atoms with Crippen molar-refractivity contribution < 1.29 is 19.1 Å². The summed E-state index contributed by atoms with van der Waals surface area (Å²) in [4.78, 5) is 26.4. The van der Waals surface area contributed by atoms with Crippen molar-refractivity contribution in [1.82, 2.24) is 10.3 Å². The molecular weight excluding hydrogens is 274 g/mol. The van der Waals surface area contributed by atoms with Crippen molar-refractivity contribution in [3.8, 4) is 11.5 Å². The molecule has 0 spiro atoms. The minimum absolute atomic E-state index is 0.0873. The second-order valence-electron chi connectivity index (χ2n) is 4.53. The zero-order chi connectivity index (χ0) is 15.1. The lowest BCUT2D eigenvalue weighted by atomic mass is 10.0. The van der Waals surface area contributed by atoms with E-state index in [0.717, 1.165) is 10.9 Å². The van der Waals surface area contributed by atoms with Gasteiger partial charge < -0.3 is 20.2 Å². The predicted molar refractivity (Wildman–Crippen MR) is 75.7 cm³/mol. The molecule has 7 nitrogen and oxygen atoms in total. The number of aromatic amines is 1. The van der Waals surface area contributed by atoms with Gasteiger partial charge in [-0.1, -0.05) is 0 Å². The summed E-state index contributed by atoms with van der Waals surface area (Å²) in [5, 5.41) is 2.89. The molecule has 1 aliphatic heterocycles. The molecule has 0 fully saturated rings. The molecule has 2 aromatic rings. The van der Waals surface area contributed by atoms with E-state index in [0.29, 0.717) is 17.1 Å². The molecule has 1 aromatic carbocycles. The van der Waals surface area contributed by atoms with Gasteiger partial charge in [-0.05, 0) is 6.07 Å². The summed E-state index contributed by atoms with van der Waals surface area (Å²) >= 11 is 0. The van der Waals surface area contributed by atoms with Crippen molar-refractivity contribution in [3.63, 3.8) is 0 Å². The molecule has 3 rings (SSSR count). The molecular formula is C14H13N3O4. The van der Waals surface area contributed by atoms with Crippen LogP contribution >= 0.6 is 0 Å². The lowest BCUT2D eigenvalue weighted by Gasteiger charge is -2.08. The highest BCUT2D eigenvalue weighted by molar-refractivity contribution is 6.37. The van der Waals surface area contributed by atoms with Gasteiger partial charge in [0.2, 0.25) is 0 Å². The highest BCUT2D eigenvalue weighted by Gasteiger charge is 2.31. The number of amides is 2. The normalized spacial score (nSPS) is 14.8. The number of hydrogen-bond acceptors (Lipinski definition) is 5. The first-order chi connectivity index (χ1) is 10.1. The fourth-order valence-corrected chi connectivity index (χ4v) is 2.39. The number of nitrogens with one attached hydrogen (secondary N) is 2. The van der Waals surface area contributed by atoms with Crippen molar-refractivity contribution in [3.05, 3.63) is 29.6 Å². The predicted octanol–water partition coefficient (Wildman–Crippen LogP) is 0.511. The van der Waals surface area contributed by atoms with Gasteiger partial charge in [-0.2, -0.15) is 0 Å². The molecule has 0 unspecified atom stereocenters. The number of imide groups is 1. The second kappa shape index (κ2) is 4.55. The van der Waals surface area contributed by atoms with Gasteiger partial charge in [0, 0.05) is 28.7 Å². The van der Waals surface area contributed by atoms with Crippen LogP contribution in [0.25, 0.3) is 16.5 Å². The number of nitrogens with two attached hydrogens (primary N) is 1. The molecule has 2 heterocycles. The second-order valence-corrected chi connectivity index (χ2v) is 4.53. The monoisotopic (exact) mass is 287 g/mol. The van der Waals surface area contributed by atoms with Gasteiger partial charge in [0.1, 0.15) is 5.70 Å². The molecule has 0 saturated heterocycles. The van der Waals surface area contributed by atoms with E-state index in [1.165, 1.54) is 14.2 Å². The fourth-order valence-electron chi connectivity index (χ4n) is 2.39. The van der Waals surface area contributed by atoms with Crippen LogP contribution in [0.15, 0.2) is 24.0 Å². The molecule has 21 heavy (non-hydrogen) atoms. The summed E-state index contributed by atoms with van der Waals surface area (Å²) < 4.78 is 10.5. The molecule has 2 amide bonds. The zero-order valence-electron chi connectivity index (χ0n) is 11.4. The summed E-state index contributed by atoms with van der Waals surface area (Å²) in [6, 6.07) is 3.49. The van der Waals surface area contributed by atoms with Crippen molar-refractivity contribution in [2.24, 2.45) is 5.73 Å². The largest absolute Gasteiger partial charge is 0.493 e. The SMILES string of the molecule is COc1cc2[nH]cc(C3=C(N)C(=O)NC3=O)c2cc1OC. The Hall–Kier alpha value is -2.96. The Labute approximate surface area is 119 Å². The molecule has 0 bridgehead atoms. The quantitative estimate of drug-likeness (QED) is 0.713. The Morgan fingerprint density at radius 2 is 1.71 bits per heavy atom. The molecule has 7 heteroatoms. The van der Waals surface area contributed by atoms with Gasteiger partial charge in [-0.25, -0.2) is 0 Å². The Bertz CT molecular complexity index is 804. The number of aromatic nitrogens is 1. The Morgan fingerprint density at radius 3 is 2.29 bits per heavy atom. The number of rotatable bonds is 3. The maximum atomic E-state index is 11.9. The van der Waals surface area contributed by atoms with E-state index in [2.05, 4.69) is 10.3 Å². The lowest BCUT2D eigenvalue weighted by molar-refractivity contribution is -0.123. The molecule has 0 radical (unpaired) electrons. The molecule has 4 N–H and O–H groups in total. The topological polar surface area (TPSA) is 106 Å². The van der Waals surface area contributed by atoms with E-state index in [-0.39, 0.29) is 11.3 Å². The first-order valence-corrected chi connectivity index (χ1v) is 6.15. The minimum atomic E-state index is -0.579. The Balaban J connectivity index is 2.26. The smallest absolute Gasteiger partial charge is 0.274 e. The van der Waals surface area contributed by atoms with E-state index in [1.54, 1.807) is 18.3 Å². The fraction of sp³-hybridized carbons (Fsp3) is 0.143. The average Bonchev–Trinajstić information content (AvgIpc) is 2.98. The molecule has 1 aromatic heterocycles. The van der Waals surface area contributed by atoms with Crippen LogP contribution in [0.5, 0.6) is 11.5 Å². The highest BCUT2D eigenvalue weighted by Crippen LogP contribution is 2.36. The van der Waals surface area contributed by atoms with E-state index in [1.807, 2.05) is 0 Å². The summed E-state index contributed by atoms with van der Waals surface area (Å²) in [7, 11) is 3.06. The van der Waals surface area contributed by atoms with E-state index < -0.39 is 11.8 Å². The number of methoxy groups -OCH3 is 2. The van der Waals surface area contributed by atoms with Gasteiger partial charge >= 0.3 is 0 Å². The van der Waals surface area contributed by atoms with Crippen LogP contribution in [-0.4, -0.2) is 31.0 Å². The Morgan fingerprint density at radius 1 is 1.05 bits per heavy atom. The van der Waals surface area contributed by atoms with E-state index >= 15 is 0 Å². The number of carbonyl (C=O) groups is 2. The van der Waals surface area contributed by atoms with Crippen molar-refractivity contribution >= 4 is 28.3 Å². The summed E-state index contributed by atoms with van der Waals surface area (Å²) in [6.45, 7) is 0. The van der Waals surface area contributed by atoms with Gasteiger partial charge in [0.15, 0.2) is 11.5 Å². The van der Waals surface area contributed by atoms with Crippen LogP contribution in [0.3, 0.4) is 0 Å². The van der Waals surface area contributed by atoms with Crippen molar-refractivity contribution in [2.75, 3.05) is 14.2 Å². The number of benzene rings is 1. The number of fused-ring (bicyclic) bond motifs is 1. The van der Waals surface area contributed by atoms with Gasteiger partial charge in [-0.15, -0.1) is 0 Å². The summed E-state index contributed by atoms with van der Waals surface area (Å²) in [5.41, 5.74) is 7.07. The standard InChI is InChI=1S/C14H13N3O4/c1-20-9-3-6-7(5-16-8(6)4-10(9)21-2)11-12(15)14(19)17-13(11)18/h3-5,16H,1-2H3,(H3,15,17,18,19). The van der Waals surface area contributed by atoms with Crippen LogP contribution in [0.1, 0.15) is 5.56 Å². The van der Waals surface area contributed by atoms with E-state index in [4.69, 9.17) is 15.2 Å². The molecule has 0 atom stereocenters. The number of hydrogen-bond donors (Lipinski definition) is 3. The van der Waals surface area contributed by atoms with Crippen LogP contribution in [0.4, 0.5) is 0 Å². The maximum Gasteiger partial charge on any atom is 0.274 e. The third kappa shape index (κ3) is 1.82. The van der Waals surface area contributed by atoms with Crippen molar-refractivity contribution in [2.45, 2.75) is 0 Å². The average molecular weight is 287 g/mol. The maximum absolute atomic E-state index is 11.9. The van der Waals surface area contributed by atoms with Gasteiger partial charge in [0.25, 0.3) is 11.8 Å². The molecule has 1 aliphatic rings.